The molecule has 116 valence electrons. The predicted molar refractivity (Wildman–Crippen MR) is 84.9 cm³/mol. The van der Waals surface area contributed by atoms with Crippen molar-refractivity contribution in [3.05, 3.63) is 0 Å². The summed E-state index contributed by atoms with van der Waals surface area (Å²) in [5.74, 6) is 3.16. The van der Waals surface area contributed by atoms with Crippen LogP contribution in [0.15, 0.2) is 0 Å². The first kappa shape index (κ1) is 14.8. The van der Waals surface area contributed by atoms with Crippen LogP contribution in [0.1, 0.15) is 39.0 Å². The fraction of sp³-hybridized carbons (Fsp3) is 1.00. The van der Waals surface area contributed by atoms with Gasteiger partial charge in [-0.1, -0.05) is 13.3 Å². The molecule has 3 nitrogen and oxygen atoms in total. The largest absolute Gasteiger partial charge is 0.313 e. The molecule has 1 saturated heterocycles. The average Bonchev–Trinajstić information content (AvgIpc) is 3.03. The maximum Gasteiger partial charge on any atom is 0.0374 e. The van der Waals surface area contributed by atoms with E-state index < -0.39 is 0 Å². The number of piperazine rings is 1. The number of nitrogens with one attached hydrogen (secondary N) is 1. The summed E-state index contributed by atoms with van der Waals surface area (Å²) in [6.45, 7) is 7.05. The maximum absolute atomic E-state index is 3.82. The molecule has 0 amide bonds. The average molecular weight is 279 g/mol. The molecule has 1 N–H and O–H groups in total. The molecule has 1 aliphatic heterocycles. The first-order valence-electron chi connectivity index (χ1n) is 8.79. The molecule has 20 heavy (non-hydrogen) atoms. The van der Waals surface area contributed by atoms with Crippen LogP contribution in [0.4, 0.5) is 0 Å². The Kier molecular flexibility index (Phi) is 4.68. The van der Waals surface area contributed by atoms with E-state index in [1.54, 1.807) is 6.42 Å². The van der Waals surface area contributed by atoms with Gasteiger partial charge >= 0.3 is 0 Å². The SMILES string of the molecule is CCNC(CC1CC2CCC1C2)C1CN(C)CCN1C. The van der Waals surface area contributed by atoms with Crippen LogP contribution in [-0.2, 0) is 0 Å². The summed E-state index contributed by atoms with van der Waals surface area (Å²) >= 11 is 0. The van der Waals surface area contributed by atoms with Gasteiger partial charge in [-0.25, -0.2) is 0 Å². The third kappa shape index (κ3) is 3.05. The molecule has 3 rings (SSSR count). The topological polar surface area (TPSA) is 18.5 Å². The van der Waals surface area contributed by atoms with Crippen molar-refractivity contribution in [1.29, 1.82) is 0 Å². The number of likely N-dealkylation sites (N-methyl/N-ethyl adjacent to an activating group) is 3. The highest BCUT2D eigenvalue weighted by molar-refractivity contribution is 4.96. The molecule has 3 aliphatic rings. The van der Waals surface area contributed by atoms with Crippen LogP contribution in [-0.4, -0.2) is 62.2 Å². The molecule has 2 saturated carbocycles. The normalized spacial score (nSPS) is 40.4. The second-order valence-corrected chi connectivity index (χ2v) is 7.65. The molecule has 2 bridgehead atoms. The number of rotatable bonds is 5. The number of hydrogen-bond acceptors (Lipinski definition) is 3. The van der Waals surface area contributed by atoms with Gasteiger partial charge < -0.3 is 10.2 Å². The van der Waals surface area contributed by atoms with Crippen molar-refractivity contribution in [2.24, 2.45) is 17.8 Å². The standard InChI is InChI=1S/C17H33N3/c1-4-18-16(17-12-19(2)7-8-20(17)3)11-15-10-13-5-6-14(15)9-13/h13-18H,4-12H2,1-3H3. The molecule has 2 aliphatic carbocycles. The zero-order valence-corrected chi connectivity index (χ0v) is 13.6. The first-order valence-corrected chi connectivity index (χ1v) is 8.79. The summed E-state index contributed by atoms with van der Waals surface area (Å²) < 4.78 is 0. The molecule has 0 aromatic carbocycles. The third-order valence-corrected chi connectivity index (χ3v) is 6.27. The number of fused-ring (bicyclic) bond motifs is 2. The molecule has 0 spiro atoms. The summed E-state index contributed by atoms with van der Waals surface area (Å²) in [4.78, 5) is 5.11. The van der Waals surface area contributed by atoms with Gasteiger partial charge in [0.1, 0.15) is 0 Å². The zero-order valence-electron chi connectivity index (χ0n) is 13.6. The summed E-state index contributed by atoms with van der Waals surface area (Å²) in [6, 6.07) is 1.39. The van der Waals surface area contributed by atoms with Gasteiger partial charge in [0.05, 0.1) is 0 Å². The molecule has 1 heterocycles. The van der Waals surface area contributed by atoms with Gasteiger partial charge in [0, 0.05) is 31.7 Å². The fourth-order valence-electron chi connectivity index (χ4n) is 5.11. The Morgan fingerprint density at radius 3 is 2.65 bits per heavy atom. The van der Waals surface area contributed by atoms with Gasteiger partial charge in [0.25, 0.3) is 0 Å². The van der Waals surface area contributed by atoms with Crippen LogP contribution in [0.25, 0.3) is 0 Å². The van der Waals surface area contributed by atoms with Crippen molar-refractivity contribution in [3.63, 3.8) is 0 Å². The lowest BCUT2D eigenvalue weighted by Crippen LogP contribution is -2.59. The van der Waals surface area contributed by atoms with E-state index in [4.69, 9.17) is 0 Å². The molecular formula is C17H33N3. The lowest BCUT2D eigenvalue weighted by molar-refractivity contribution is 0.0768. The quantitative estimate of drug-likeness (QED) is 0.831. The van der Waals surface area contributed by atoms with E-state index in [0.717, 1.165) is 24.3 Å². The maximum atomic E-state index is 3.82. The second kappa shape index (κ2) is 6.33. The van der Waals surface area contributed by atoms with E-state index in [1.165, 1.54) is 45.3 Å². The van der Waals surface area contributed by atoms with Crippen LogP contribution in [0.2, 0.25) is 0 Å². The minimum absolute atomic E-state index is 0.692. The first-order chi connectivity index (χ1) is 9.67. The molecule has 0 radical (unpaired) electrons. The molecule has 5 atom stereocenters. The van der Waals surface area contributed by atoms with Crippen molar-refractivity contribution < 1.29 is 0 Å². The van der Waals surface area contributed by atoms with Crippen molar-refractivity contribution in [2.75, 3.05) is 40.3 Å². The van der Waals surface area contributed by atoms with Gasteiger partial charge in [-0.05, 0) is 64.1 Å². The van der Waals surface area contributed by atoms with Crippen LogP contribution in [0.3, 0.4) is 0 Å². The lowest BCUT2D eigenvalue weighted by atomic mass is 9.82. The number of hydrogen-bond donors (Lipinski definition) is 1. The zero-order chi connectivity index (χ0) is 14.1. The predicted octanol–water partition coefficient (Wildman–Crippen LogP) is 2.04. The summed E-state index contributed by atoms with van der Waals surface area (Å²) in [5, 5.41) is 3.82. The fourth-order valence-corrected chi connectivity index (χ4v) is 5.11. The Hall–Kier alpha value is -0.120. The summed E-state index contributed by atoms with van der Waals surface area (Å²) in [5.41, 5.74) is 0. The Morgan fingerprint density at radius 2 is 2.00 bits per heavy atom. The van der Waals surface area contributed by atoms with E-state index in [1.807, 2.05) is 0 Å². The minimum Gasteiger partial charge on any atom is -0.313 e. The van der Waals surface area contributed by atoms with Crippen LogP contribution in [0.5, 0.6) is 0 Å². The highest BCUT2D eigenvalue weighted by atomic mass is 15.3. The highest BCUT2D eigenvalue weighted by Crippen LogP contribution is 2.50. The van der Waals surface area contributed by atoms with Crippen molar-refractivity contribution >= 4 is 0 Å². The van der Waals surface area contributed by atoms with E-state index in [2.05, 4.69) is 36.1 Å². The number of nitrogens with zero attached hydrogens (tertiary/aromatic N) is 2. The monoisotopic (exact) mass is 279 g/mol. The minimum atomic E-state index is 0.692. The van der Waals surface area contributed by atoms with Crippen LogP contribution in [0, 0.1) is 17.8 Å². The van der Waals surface area contributed by atoms with Crippen LogP contribution >= 0.6 is 0 Å². The Labute approximate surface area is 125 Å². The van der Waals surface area contributed by atoms with E-state index in [0.29, 0.717) is 12.1 Å². The highest BCUT2D eigenvalue weighted by Gasteiger charge is 2.41. The summed E-state index contributed by atoms with van der Waals surface area (Å²) in [6.07, 6.45) is 7.54. The third-order valence-electron chi connectivity index (χ3n) is 6.27. The molecule has 3 fully saturated rings. The van der Waals surface area contributed by atoms with E-state index in [9.17, 15) is 0 Å². The van der Waals surface area contributed by atoms with Crippen molar-refractivity contribution in [3.8, 4) is 0 Å². The van der Waals surface area contributed by atoms with E-state index in [-0.39, 0.29) is 0 Å². The molecule has 3 heteroatoms. The molecule has 0 aromatic heterocycles. The second-order valence-electron chi connectivity index (χ2n) is 7.65. The van der Waals surface area contributed by atoms with Gasteiger partial charge in [-0.15, -0.1) is 0 Å². The Morgan fingerprint density at radius 1 is 1.15 bits per heavy atom. The van der Waals surface area contributed by atoms with Gasteiger partial charge in [-0.3, -0.25) is 4.90 Å². The van der Waals surface area contributed by atoms with Crippen molar-refractivity contribution in [2.45, 2.75) is 51.1 Å². The van der Waals surface area contributed by atoms with Crippen LogP contribution < -0.4 is 5.32 Å². The Bertz CT molecular complexity index is 319. The summed E-state index contributed by atoms with van der Waals surface area (Å²) in [7, 11) is 4.60. The van der Waals surface area contributed by atoms with Gasteiger partial charge in [-0.2, -0.15) is 0 Å². The molecule has 0 aromatic rings. The van der Waals surface area contributed by atoms with E-state index >= 15 is 0 Å². The Balaban J connectivity index is 1.62. The van der Waals surface area contributed by atoms with Gasteiger partial charge in [0.2, 0.25) is 0 Å². The van der Waals surface area contributed by atoms with Gasteiger partial charge in [0.15, 0.2) is 0 Å². The smallest absolute Gasteiger partial charge is 0.0374 e. The lowest BCUT2D eigenvalue weighted by Gasteiger charge is -2.43. The van der Waals surface area contributed by atoms with Crippen molar-refractivity contribution in [1.82, 2.24) is 15.1 Å². The molecular weight excluding hydrogens is 246 g/mol. The molecule has 5 unspecified atom stereocenters.